The van der Waals surface area contributed by atoms with Gasteiger partial charge in [0.25, 0.3) is 5.89 Å². The zero-order valence-electron chi connectivity index (χ0n) is 11.5. The molecule has 0 N–H and O–H groups in total. The maximum Gasteiger partial charge on any atom is 0.315 e. The van der Waals surface area contributed by atoms with Gasteiger partial charge < -0.3 is 9.26 Å². The molecule has 1 aliphatic rings. The molecule has 0 aliphatic heterocycles. The number of carbonyl (C=O) groups excluding carboxylic acids is 1. The van der Waals surface area contributed by atoms with Crippen molar-refractivity contribution in [1.29, 1.82) is 0 Å². The van der Waals surface area contributed by atoms with Crippen molar-refractivity contribution in [2.24, 2.45) is 5.41 Å². The highest BCUT2D eigenvalue weighted by atomic mass is 35.5. The van der Waals surface area contributed by atoms with Crippen molar-refractivity contribution in [3.8, 4) is 11.4 Å². The quantitative estimate of drug-likeness (QED) is 0.608. The number of ether oxygens (including phenoxy) is 1. The van der Waals surface area contributed by atoms with E-state index in [1.54, 1.807) is 31.2 Å². The van der Waals surface area contributed by atoms with Crippen LogP contribution in [0.15, 0.2) is 28.8 Å². The molecule has 1 heterocycles. The number of hydrogen-bond donors (Lipinski definition) is 0. The van der Waals surface area contributed by atoms with Crippen LogP contribution in [0.4, 0.5) is 0 Å². The van der Waals surface area contributed by atoms with Crippen LogP contribution in [0, 0.1) is 5.41 Å². The third kappa shape index (κ3) is 2.81. The minimum absolute atomic E-state index is 0.133. The second-order valence-electron chi connectivity index (χ2n) is 5.31. The van der Waals surface area contributed by atoms with Crippen molar-refractivity contribution in [2.75, 3.05) is 0 Å². The van der Waals surface area contributed by atoms with Crippen molar-refractivity contribution < 1.29 is 14.1 Å². The first-order valence-electron chi connectivity index (χ1n) is 6.45. The van der Waals surface area contributed by atoms with E-state index in [0.29, 0.717) is 22.8 Å². The van der Waals surface area contributed by atoms with E-state index < -0.39 is 15.7 Å². The number of carbonyl (C=O) groups is 1. The van der Waals surface area contributed by atoms with E-state index in [1.165, 1.54) is 0 Å². The molecule has 0 unspecified atom stereocenters. The van der Waals surface area contributed by atoms with Crippen LogP contribution in [0.2, 0.25) is 5.02 Å². The number of esters is 1. The number of rotatable bonds is 4. The lowest BCUT2D eigenvalue weighted by molar-refractivity contribution is -0.151. The van der Waals surface area contributed by atoms with Gasteiger partial charge in [-0.2, -0.15) is 4.98 Å². The van der Waals surface area contributed by atoms with E-state index in [0.717, 1.165) is 0 Å². The standard InChI is InChI=1S/C14H11Cl3N2O3/c1-13(7-14(13,16)17)12(20)21-6-10-18-11(19-22-10)8-3-2-4-9(15)5-8/h2-5H,6-7H2,1H3/t13-/m1/s1. The van der Waals surface area contributed by atoms with Gasteiger partial charge in [-0.25, -0.2) is 0 Å². The molecular formula is C14H11Cl3N2O3. The highest BCUT2D eigenvalue weighted by Crippen LogP contribution is 2.64. The van der Waals surface area contributed by atoms with Crippen LogP contribution in [0.25, 0.3) is 11.4 Å². The number of alkyl halides is 2. The van der Waals surface area contributed by atoms with Crippen LogP contribution in [0.3, 0.4) is 0 Å². The summed E-state index contributed by atoms with van der Waals surface area (Å²) in [5.74, 6) is 0.0672. The average Bonchev–Trinajstić information content (AvgIpc) is 2.84. The van der Waals surface area contributed by atoms with E-state index in [1.807, 2.05) is 0 Å². The lowest BCUT2D eigenvalue weighted by Crippen LogP contribution is -2.21. The van der Waals surface area contributed by atoms with E-state index in [4.69, 9.17) is 44.1 Å². The van der Waals surface area contributed by atoms with Gasteiger partial charge >= 0.3 is 5.97 Å². The van der Waals surface area contributed by atoms with E-state index in [-0.39, 0.29) is 12.5 Å². The molecule has 116 valence electrons. The molecule has 5 nitrogen and oxygen atoms in total. The summed E-state index contributed by atoms with van der Waals surface area (Å²) in [7, 11) is 0. The van der Waals surface area contributed by atoms with Crippen LogP contribution >= 0.6 is 34.8 Å². The molecule has 3 rings (SSSR count). The third-order valence-electron chi connectivity index (χ3n) is 3.59. The molecule has 1 aromatic heterocycles. The van der Waals surface area contributed by atoms with E-state index >= 15 is 0 Å². The topological polar surface area (TPSA) is 65.2 Å². The largest absolute Gasteiger partial charge is 0.455 e. The van der Waals surface area contributed by atoms with E-state index in [9.17, 15) is 4.79 Å². The summed E-state index contributed by atoms with van der Waals surface area (Å²) in [6.07, 6.45) is 0.361. The summed E-state index contributed by atoms with van der Waals surface area (Å²) < 4.78 is 9.12. The lowest BCUT2D eigenvalue weighted by Gasteiger charge is -2.09. The van der Waals surface area contributed by atoms with Gasteiger partial charge in [0.2, 0.25) is 5.82 Å². The Morgan fingerprint density at radius 1 is 1.45 bits per heavy atom. The third-order valence-corrected chi connectivity index (χ3v) is 4.92. The molecule has 0 radical (unpaired) electrons. The van der Waals surface area contributed by atoms with Gasteiger partial charge in [0.15, 0.2) is 6.61 Å². The SMILES string of the molecule is C[C@]1(C(=O)OCc2nc(-c3cccc(Cl)c3)no2)CC1(Cl)Cl. The molecular weight excluding hydrogens is 351 g/mol. The first-order valence-corrected chi connectivity index (χ1v) is 7.59. The van der Waals surface area contributed by atoms with Crippen molar-refractivity contribution in [3.05, 3.63) is 35.2 Å². The summed E-state index contributed by atoms with van der Waals surface area (Å²) in [4.78, 5) is 16.1. The van der Waals surface area contributed by atoms with Crippen molar-refractivity contribution in [3.63, 3.8) is 0 Å². The predicted octanol–water partition coefficient (Wildman–Crippen LogP) is 4.02. The van der Waals surface area contributed by atoms with Crippen molar-refractivity contribution >= 4 is 40.8 Å². The molecule has 0 spiro atoms. The second kappa shape index (κ2) is 5.41. The Labute approximate surface area is 141 Å². The second-order valence-corrected chi connectivity index (χ2v) is 7.23. The molecule has 0 amide bonds. The molecule has 1 saturated carbocycles. The summed E-state index contributed by atoms with van der Waals surface area (Å²) >= 11 is 17.8. The highest BCUT2D eigenvalue weighted by Gasteiger charge is 2.69. The van der Waals surface area contributed by atoms with Crippen LogP contribution < -0.4 is 0 Å². The molecule has 1 fully saturated rings. The average molecular weight is 362 g/mol. The number of halogens is 3. The van der Waals surface area contributed by atoms with Gasteiger partial charge in [-0.05, 0) is 19.1 Å². The van der Waals surface area contributed by atoms with Crippen LogP contribution in [-0.4, -0.2) is 20.4 Å². The molecule has 0 saturated heterocycles. The van der Waals surface area contributed by atoms with Gasteiger partial charge in [0.05, 0.1) is 0 Å². The Hall–Kier alpha value is -1.30. The first kappa shape index (κ1) is 15.6. The molecule has 1 aromatic carbocycles. The maximum absolute atomic E-state index is 11.9. The summed E-state index contributed by atoms with van der Waals surface area (Å²) in [6.45, 7) is 1.52. The van der Waals surface area contributed by atoms with Crippen molar-refractivity contribution in [1.82, 2.24) is 10.1 Å². The minimum Gasteiger partial charge on any atom is -0.455 e. The van der Waals surface area contributed by atoms with Crippen LogP contribution in [0.1, 0.15) is 19.2 Å². The molecule has 8 heteroatoms. The first-order chi connectivity index (χ1) is 10.3. The number of hydrogen-bond acceptors (Lipinski definition) is 5. The van der Waals surface area contributed by atoms with Gasteiger partial charge in [-0.1, -0.05) is 28.9 Å². The predicted molar refractivity (Wildman–Crippen MR) is 81.7 cm³/mol. The fourth-order valence-corrected chi connectivity index (χ4v) is 2.85. The monoisotopic (exact) mass is 360 g/mol. The Morgan fingerprint density at radius 2 is 2.18 bits per heavy atom. The molecule has 0 bridgehead atoms. The zero-order valence-corrected chi connectivity index (χ0v) is 13.7. The Morgan fingerprint density at radius 3 is 2.82 bits per heavy atom. The van der Waals surface area contributed by atoms with Gasteiger partial charge in [-0.3, -0.25) is 4.79 Å². The summed E-state index contributed by atoms with van der Waals surface area (Å²) in [5, 5.41) is 4.39. The van der Waals surface area contributed by atoms with Crippen LogP contribution in [0.5, 0.6) is 0 Å². The lowest BCUT2D eigenvalue weighted by atomic mass is 10.1. The molecule has 1 aliphatic carbocycles. The Balaban J connectivity index is 1.65. The number of benzene rings is 1. The smallest absolute Gasteiger partial charge is 0.315 e. The Bertz CT molecular complexity index is 732. The molecule has 1 atom stereocenters. The van der Waals surface area contributed by atoms with E-state index in [2.05, 4.69) is 10.1 Å². The van der Waals surface area contributed by atoms with Crippen molar-refractivity contribution in [2.45, 2.75) is 24.3 Å². The molecule has 22 heavy (non-hydrogen) atoms. The normalized spacial score (nSPS) is 22.4. The highest BCUT2D eigenvalue weighted by molar-refractivity contribution is 6.53. The van der Waals surface area contributed by atoms with Crippen LogP contribution in [-0.2, 0) is 16.1 Å². The maximum atomic E-state index is 11.9. The fourth-order valence-electron chi connectivity index (χ4n) is 1.97. The molecule has 2 aromatic rings. The number of nitrogens with zero attached hydrogens (tertiary/aromatic N) is 2. The van der Waals surface area contributed by atoms with Gasteiger partial charge in [0, 0.05) is 17.0 Å². The number of aromatic nitrogens is 2. The fraction of sp³-hybridized carbons (Fsp3) is 0.357. The van der Waals surface area contributed by atoms with Gasteiger partial charge in [-0.15, -0.1) is 23.2 Å². The zero-order chi connectivity index (χ0) is 16.0. The summed E-state index contributed by atoms with van der Waals surface area (Å²) in [5.41, 5.74) is -0.171. The van der Waals surface area contributed by atoms with Gasteiger partial charge in [0.1, 0.15) is 9.75 Å². The summed E-state index contributed by atoms with van der Waals surface area (Å²) in [6, 6.07) is 7.03. The minimum atomic E-state index is -1.06. The Kier molecular flexibility index (Phi) is 3.83.